The Bertz CT molecular complexity index is 963. The van der Waals surface area contributed by atoms with Gasteiger partial charge < -0.3 is 15.4 Å². The number of nitrogens with two attached hydrogens (primary N) is 1. The molecule has 150 valence electrons. The molecule has 3 heterocycles. The first-order chi connectivity index (χ1) is 14.1. The summed E-state index contributed by atoms with van der Waals surface area (Å²) >= 11 is 0. The van der Waals surface area contributed by atoms with E-state index in [9.17, 15) is 4.79 Å². The molecule has 0 bridgehead atoms. The molecule has 1 atom stereocenters. The van der Waals surface area contributed by atoms with Crippen molar-refractivity contribution in [3.05, 3.63) is 71.7 Å². The lowest BCUT2D eigenvalue weighted by Gasteiger charge is -2.25. The van der Waals surface area contributed by atoms with Gasteiger partial charge in [0.25, 0.3) is 5.91 Å². The molecule has 3 aromatic rings. The van der Waals surface area contributed by atoms with Gasteiger partial charge in [-0.05, 0) is 56.2 Å². The van der Waals surface area contributed by atoms with Gasteiger partial charge in [-0.1, -0.05) is 6.07 Å². The van der Waals surface area contributed by atoms with Gasteiger partial charge in [-0.25, -0.2) is 4.68 Å². The van der Waals surface area contributed by atoms with Gasteiger partial charge in [-0.2, -0.15) is 5.10 Å². The van der Waals surface area contributed by atoms with Crippen molar-refractivity contribution < 1.29 is 9.53 Å². The quantitative estimate of drug-likeness (QED) is 0.698. The molecular weight excluding hydrogens is 366 g/mol. The third-order valence-electron chi connectivity index (χ3n) is 5.03. The Morgan fingerprint density at radius 1 is 1.28 bits per heavy atom. The van der Waals surface area contributed by atoms with Gasteiger partial charge in [0.05, 0.1) is 29.7 Å². The first-order valence-corrected chi connectivity index (χ1v) is 9.83. The van der Waals surface area contributed by atoms with Crippen LogP contribution in [0.5, 0.6) is 0 Å². The van der Waals surface area contributed by atoms with E-state index in [1.807, 2.05) is 60.4 Å². The molecule has 1 aliphatic rings. The monoisotopic (exact) mass is 391 g/mol. The van der Waals surface area contributed by atoms with E-state index in [0.29, 0.717) is 24.5 Å². The lowest BCUT2D eigenvalue weighted by Crippen LogP contribution is -2.37. The summed E-state index contributed by atoms with van der Waals surface area (Å²) < 4.78 is 7.43. The Morgan fingerprint density at radius 2 is 2.10 bits per heavy atom. The first kappa shape index (κ1) is 19.1. The number of rotatable bonds is 6. The van der Waals surface area contributed by atoms with Crippen molar-refractivity contribution in [3.8, 4) is 5.69 Å². The summed E-state index contributed by atoms with van der Waals surface area (Å²) in [5.41, 5.74) is 9.14. The maximum Gasteiger partial charge on any atom is 0.254 e. The van der Waals surface area contributed by atoms with Gasteiger partial charge in [0.1, 0.15) is 5.82 Å². The van der Waals surface area contributed by atoms with Gasteiger partial charge in [0, 0.05) is 31.0 Å². The number of hydrogen-bond acceptors (Lipinski definition) is 5. The number of carbonyl (C=O) groups is 1. The van der Waals surface area contributed by atoms with Crippen LogP contribution in [0.3, 0.4) is 0 Å². The van der Waals surface area contributed by atoms with Gasteiger partial charge in [0.2, 0.25) is 0 Å². The molecule has 1 saturated heterocycles. The number of pyridine rings is 1. The van der Waals surface area contributed by atoms with Crippen LogP contribution < -0.4 is 5.73 Å². The Labute approximate surface area is 170 Å². The normalized spacial score (nSPS) is 16.1. The molecule has 1 unspecified atom stereocenters. The van der Waals surface area contributed by atoms with Crippen LogP contribution in [0.15, 0.2) is 54.7 Å². The van der Waals surface area contributed by atoms with Crippen molar-refractivity contribution in [1.82, 2.24) is 19.7 Å². The fraction of sp³-hybridized carbons (Fsp3) is 0.318. The van der Waals surface area contributed by atoms with E-state index in [2.05, 4.69) is 10.1 Å². The highest BCUT2D eigenvalue weighted by molar-refractivity contribution is 5.94. The van der Waals surface area contributed by atoms with Crippen LogP contribution in [-0.2, 0) is 11.3 Å². The molecular formula is C22H25N5O2. The summed E-state index contributed by atoms with van der Waals surface area (Å²) in [5, 5.41) is 4.39. The third-order valence-corrected chi connectivity index (χ3v) is 5.03. The van der Waals surface area contributed by atoms with E-state index >= 15 is 0 Å². The second kappa shape index (κ2) is 8.45. The molecule has 1 aromatic carbocycles. The number of nitrogen functional groups attached to an aromatic ring is 1. The second-order valence-electron chi connectivity index (χ2n) is 7.31. The summed E-state index contributed by atoms with van der Waals surface area (Å²) in [6.07, 6.45) is 3.84. The van der Waals surface area contributed by atoms with Crippen LogP contribution in [0.25, 0.3) is 5.69 Å². The van der Waals surface area contributed by atoms with Crippen LogP contribution in [0.2, 0.25) is 0 Å². The fourth-order valence-electron chi connectivity index (χ4n) is 3.59. The van der Waals surface area contributed by atoms with Crippen LogP contribution >= 0.6 is 0 Å². The lowest BCUT2D eigenvalue weighted by molar-refractivity contribution is 0.0504. The number of ether oxygens (including phenoxy) is 1. The molecule has 2 aromatic heterocycles. The number of carbonyl (C=O) groups excluding carboxylic acids is 1. The summed E-state index contributed by atoms with van der Waals surface area (Å²) in [7, 11) is 0. The Hall–Kier alpha value is -3.19. The Balaban J connectivity index is 1.55. The number of aryl methyl sites for hydroxylation is 1. The zero-order chi connectivity index (χ0) is 20.2. The average molecular weight is 391 g/mol. The average Bonchev–Trinajstić information content (AvgIpc) is 3.37. The molecule has 1 amide bonds. The lowest BCUT2D eigenvalue weighted by atomic mass is 10.1. The maximum atomic E-state index is 13.3. The highest BCUT2D eigenvalue weighted by Crippen LogP contribution is 2.19. The van der Waals surface area contributed by atoms with Crippen molar-refractivity contribution in [2.45, 2.75) is 32.4 Å². The predicted octanol–water partition coefficient (Wildman–Crippen LogP) is 2.98. The standard InChI is InChI=1S/C22H25N5O2/c1-16-13-21(23)27(25-16)19-9-7-17(8-10-19)22(28)26(15-20-6-4-12-29-20)14-18-5-2-3-11-24-18/h2-3,5,7-11,13,20H,4,6,12,14-15,23H2,1H3. The Morgan fingerprint density at radius 3 is 2.72 bits per heavy atom. The summed E-state index contributed by atoms with van der Waals surface area (Å²) in [6, 6.07) is 14.9. The molecule has 0 radical (unpaired) electrons. The van der Waals surface area contributed by atoms with E-state index in [1.54, 1.807) is 10.9 Å². The van der Waals surface area contributed by atoms with E-state index in [4.69, 9.17) is 10.5 Å². The third kappa shape index (κ3) is 4.46. The van der Waals surface area contributed by atoms with Gasteiger partial charge >= 0.3 is 0 Å². The molecule has 29 heavy (non-hydrogen) atoms. The van der Waals surface area contributed by atoms with E-state index in [-0.39, 0.29) is 12.0 Å². The van der Waals surface area contributed by atoms with E-state index < -0.39 is 0 Å². The van der Waals surface area contributed by atoms with E-state index in [0.717, 1.165) is 36.5 Å². The maximum absolute atomic E-state index is 13.3. The number of nitrogens with zero attached hydrogens (tertiary/aromatic N) is 4. The number of benzene rings is 1. The minimum Gasteiger partial charge on any atom is -0.384 e. The smallest absolute Gasteiger partial charge is 0.254 e. The second-order valence-corrected chi connectivity index (χ2v) is 7.31. The van der Waals surface area contributed by atoms with Crippen LogP contribution in [0.4, 0.5) is 5.82 Å². The molecule has 0 saturated carbocycles. The molecule has 7 nitrogen and oxygen atoms in total. The van der Waals surface area contributed by atoms with Gasteiger partial charge in [-0.3, -0.25) is 9.78 Å². The molecule has 1 aliphatic heterocycles. The summed E-state index contributed by atoms with van der Waals surface area (Å²) in [5.74, 6) is 0.527. The van der Waals surface area contributed by atoms with Crippen LogP contribution in [0, 0.1) is 6.92 Å². The highest BCUT2D eigenvalue weighted by Gasteiger charge is 2.24. The zero-order valence-corrected chi connectivity index (χ0v) is 16.5. The topological polar surface area (TPSA) is 86.3 Å². The van der Waals surface area contributed by atoms with Crippen molar-refractivity contribution in [3.63, 3.8) is 0 Å². The first-order valence-electron chi connectivity index (χ1n) is 9.83. The number of amides is 1. The summed E-state index contributed by atoms with van der Waals surface area (Å²) in [6.45, 7) is 3.66. The molecule has 4 rings (SSSR count). The molecule has 1 fully saturated rings. The van der Waals surface area contributed by atoms with Crippen LogP contribution in [0.1, 0.15) is 34.6 Å². The number of anilines is 1. The SMILES string of the molecule is Cc1cc(N)n(-c2ccc(C(=O)N(Cc3ccccn3)CC3CCCO3)cc2)n1. The largest absolute Gasteiger partial charge is 0.384 e. The summed E-state index contributed by atoms with van der Waals surface area (Å²) in [4.78, 5) is 19.4. The van der Waals surface area contributed by atoms with Crippen molar-refractivity contribution >= 4 is 11.7 Å². The van der Waals surface area contributed by atoms with Crippen molar-refractivity contribution in [2.75, 3.05) is 18.9 Å². The zero-order valence-electron chi connectivity index (χ0n) is 16.5. The number of hydrogen-bond donors (Lipinski definition) is 1. The predicted molar refractivity (Wildman–Crippen MR) is 111 cm³/mol. The van der Waals surface area contributed by atoms with Gasteiger partial charge in [0.15, 0.2) is 0 Å². The van der Waals surface area contributed by atoms with Crippen molar-refractivity contribution in [1.29, 1.82) is 0 Å². The van der Waals surface area contributed by atoms with Crippen LogP contribution in [-0.4, -0.2) is 44.8 Å². The minimum absolute atomic E-state index is 0.0395. The van der Waals surface area contributed by atoms with E-state index in [1.165, 1.54) is 0 Å². The molecule has 0 aliphatic carbocycles. The Kier molecular flexibility index (Phi) is 5.57. The van der Waals surface area contributed by atoms with Crippen molar-refractivity contribution in [2.24, 2.45) is 0 Å². The molecule has 7 heteroatoms. The molecule has 2 N–H and O–H groups in total. The molecule has 0 spiro atoms. The highest BCUT2D eigenvalue weighted by atomic mass is 16.5. The van der Waals surface area contributed by atoms with Gasteiger partial charge in [-0.15, -0.1) is 0 Å². The fourth-order valence-corrected chi connectivity index (χ4v) is 3.59. The minimum atomic E-state index is -0.0395. The number of aromatic nitrogens is 3.